The Morgan fingerprint density at radius 1 is 0.920 bits per heavy atom. The van der Waals surface area contributed by atoms with Crippen molar-refractivity contribution in [1.82, 2.24) is 0 Å². The predicted octanol–water partition coefficient (Wildman–Crippen LogP) is 2.66. The molecule has 0 saturated heterocycles. The molecule has 25 heavy (non-hydrogen) atoms. The molecule has 0 heterocycles. The number of benzene rings is 2. The maximum atomic E-state index is 12.3. The lowest BCUT2D eigenvalue weighted by atomic mass is 10.2. The van der Waals surface area contributed by atoms with Crippen LogP contribution in [0.2, 0.25) is 0 Å². The van der Waals surface area contributed by atoms with Gasteiger partial charge in [0.05, 0.1) is 5.75 Å². The summed E-state index contributed by atoms with van der Waals surface area (Å²) in [5.41, 5.74) is 1.83. The van der Waals surface area contributed by atoms with Crippen molar-refractivity contribution < 1.29 is 18.0 Å². The summed E-state index contributed by atoms with van der Waals surface area (Å²) in [6.45, 7) is 2.94. The molecule has 2 aromatic carbocycles. The largest absolute Gasteiger partial charge is 0.326 e. The van der Waals surface area contributed by atoms with E-state index in [0.29, 0.717) is 22.6 Å². The van der Waals surface area contributed by atoms with Crippen LogP contribution in [0.4, 0.5) is 17.1 Å². The topological polar surface area (TPSA) is 104 Å². The van der Waals surface area contributed by atoms with Gasteiger partial charge in [-0.2, -0.15) is 0 Å². The van der Waals surface area contributed by atoms with Crippen molar-refractivity contribution in [3.63, 3.8) is 0 Å². The molecule has 0 saturated carbocycles. The van der Waals surface area contributed by atoms with Crippen LogP contribution in [0.15, 0.2) is 48.5 Å². The van der Waals surface area contributed by atoms with Gasteiger partial charge in [-0.25, -0.2) is 8.42 Å². The monoisotopic (exact) mass is 361 g/mol. The highest BCUT2D eigenvalue weighted by Gasteiger charge is 2.10. The molecular formula is C17H19N3O4S. The zero-order valence-electron chi connectivity index (χ0n) is 13.9. The van der Waals surface area contributed by atoms with Crippen LogP contribution < -0.4 is 15.4 Å². The molecule has 0 aliphatic heterocycles. The minimum absolute atomic E-state index is 0.0515. The molecule has 0 spiro atoms. The van der Waals surface area contributed by atoms with E-state index >= 15 is 0 Å². The fraction of sp³-hybridized carbons (Fsp3) is 0.176. The number of hydrogen-bond donors (Lipinski definition) is 3. The summed E-state index contributed by atoms with van der Waals surface area (Å²) in [7, 11) is -3.40. The number of rotatable bonds is 6. The van der Waals surface area contributed by atoms with Crippen molar-refractivity contribution in [2.75, 3.05) is 21.1 Å². The van der Waals surface area contributed by atoms with Crippen LogP contribution >= 0.6 is 0 Å². The zero-order chi connectivity index (χ0) is 18.4. The van der Waals surface area contributed by atoms with Crippen LogP contribution in [0.1, 0.15) is 24.2 Å². The van der Waals surface area contributed by atoms with Gasteiger partial charge in [-0.15, -0.1) is 0 Å². The molecule has 0 unspecified atom stereocenters. The Hall–Kier alpha value is -2.87. The van der Waals surface area contributed by atoms with E-state index in [1.165, 1.54) is 19.9 Å². The average molecular weight is 361 g/mol. The van der Waals surface area contributed by atoms with Crippen LogP contribution in [-0.2, 0) is 14.8 Å². The lowest BCUT2D eigenvalue weighted by molar-refractivity contribution is -0.114. The van der Waals surface area contributed by atoms with E-state index < -0.39 is 10.0 Å². The summed E-state index contributed by atoms with van der Waals surface area (Å²) in [6.07, 6.45) is 0. The zero-order valence-corrected chi connectivity index (χ0v) is 14.7. The highest BCUT2D eigenvalue weighted by atomic mass is 32.2. The van der Waals surface area contributed by atoms with E-state index in [9.17, 15) is 18.0 Å². The molecule has 0 aliphatic rings. The highest BCUT2D eigenvalue weighted by Crippen LogP contribution is 2.17. The molecule has 2 rings (SSSR count). The lowest BCUT2D eigenvalue weighted by Gasteiger charge is -2.09. The van der Waals surface area contributed by atoms with Gasteiger partial charge in [-0.05, 0) is 49.4 Å². The number of hydrogen-bond acceptors (Lipinski definition) is 4. The maximum absolute atomic E-state index is 12.3. The van der Waals surface area contributed by atoms with E-state index in [4.69, 9.17) is 0 Å². The number of sulfonamides is 1. The van der Waals surface area contributed by atoms with Gasteiger partial charge in [0.2, 0.25) is 15.9 Å². The summed E-state index contributed by atoms with van der Waals surface area (Å²) in [5, 5.41) is 5.35. The van der Waals surface area contributed by atoms with Crippen LogP contribution in [0, 0.1) is 0 Å². The summed E-state index contributed by atoms with van der Waals surface area (Å²) >= 11 is 0. The van der Waals surface area contributed by atoms with Crippen molar-refractivity contribution in [1.29, 1.82) is 0 Å². The number of carbonyl (C=O) groups is 2. The third-order valence-electron chi connectivity index (χ3n) is 3.24. The molecule has 0 aromatic heterocycles. The summed E-state index contributed by atoms with van der Waals surface area (Å²) in [5.74, 6) is -0.600. The van der Waals surface area contributed by atoms with Gasteiger partial charge in [-0.1, -0.05) is 6.07 Å². The molecule has 0 radical (unpaired) electrons. The normalized spacial score (nSPS) is 10.8. The molecule has 8 heteroatoms. The van der Waals surface area contributed by atoms with Gasteiger partial charge in [0, 0.05) is 29.5 Å². The smallest absolute Gasteiger partial charge is 0.255 e. The third kappa shape index (κ3) is 5.61. The van der Waals surface area contributed by atoms with Crippen molar-refractivity contribution >= 4 is 38.9 Å². The van der Waals surface area contributed by atoms with Crippen molar-refractivity contribution in [2.45, 2.75) is 13.8 Å². The lowest BCUT2D eigenvalue weighted by Crippen LogP contribution is -2.16. The summed E-state index contributed by atoms with van der Waals surface area (Å²) in [6, 6.07) is 12.9. The van der Waals surface area contributed by atoms with Gasteiger partial charge in [0.25, 0.3) is 5.91 Å². The van der Waals surface area contributed by atoms with E-state index in [1.54, 1.807) is 42.5 Å². The predicted molar refractivity (Wildman–Crippen MR) is 98.2 cm³/mol. The molecule has 3 N–H and O–H groups in total. The molecule has 2 aromatic rings. The van der Waals surface area contributed by atoms with E-state index in [-0.39, 0.29) is 17.6 Å². The van der Waals surface area contributed by atoms with Crippen LogP contribution in [0.5, 0.6) is 0 Å². The SMILES string of the molecule is CCS(=O)(=O)Nc1cccc(C(=O)Nc2ccc(NC(C)=O)cc2)c1. The average Bonchev–Trinajstić information content (AvgIpc) is 2.56. The third-order valence-corrected chi connectivity index (χ3v) is 4.55. The Balaban J connectivity index is 2.09. The number of amides is 2. The Labute approximate surface area is 146 Å². The Morgan fingerprint density at radius 3 is 2.08 bits per heavy atom. The van der Waals surface area contributed by atoms with E-state index in [1.807, 2.05) is 0 Å². The molecule has 132 valence electrons. The first-order valence-electron chi connectivity index (χ1n) is 7.58. The van der Waals surface area contributed by atoms with Gasteiger partial charge in [-0.3, -0.25) is 14.3 Å². The Bertz CT molecular complexity index is 877. The number of anilines is 3. The molecule has 0 aliphatic carbocycles. The van der Waals surface area contributed by atoms with Gasteiger partial charge in [0.15, 0.2) is 0 Å². The first kappa shape index (κ1) is 18.5. The van der Waals surface area contributed by atoms with Crippen LogP contribution in [0.3, 0.4) is 0 Å². The molecule has 0 atom stereocenters. The second kappa shape index (κ2) is 7.80. The van der Waals surface area contributed by atoms with Crippen LogP contribution in [0.25, 0.3) is 0 Å². The molecule has 0 fully saturated rings. The minimum atomic E-state index is -3.40. The van der Waals surface area contributed by atoms with Crippen molar-refractivity contribution in [3.8, 4) is 0 Å². The van der Waals surface area contributed by atoms with E-state index in [2.05, 4.69) is 15.4 Å². The number of nitrogens with one attached hydrogen (secondary N) is 3. The van der Waals surface area contributed by atoms with Crippen molar-refractivity contribution in [3.05, 3.63) is 54.1 Å². The molecule has 0 bridgehead atoms. The molecular weight excluding hydrogens is 342 g/mol. The van der Waals surface area contributed by atoms with Gasteiger partial charge < -0.3 is 10.6 Å². The minimum Gasteiger partial charge on any atom is -0.326 e. The van der Waals surface area contributed by atoms with Gasteiger partial charge >= 0.3 is 0 Å². The second-order valence-electron chi connectivity index (χ2n) is 5.30. The van der Waals surface area contributed by atoms with E-state index in [0.717, 1.165) is 0 Å². The van der Waals surface area contributed by atoms with Crippen molar-refractivity contribution in [2.24, 2.45) is 0 Å². The Kier molecular flexibility index (Phi) is 5.76. The summed E-state index contributed by atoms with van der Waals surface area (Å²) in [4.78, 5) is 23.3. The van der Waals surface area contributed by atoms with Crippen LogP contribution in [-0.4, -0.2) is 26.0 Å². The highest BCUT2D eigenvalue weighted by molar-refractivity contribution is 7.92. The maximum Gasteiger partial charge on any atom is 0.255 e. The second-order valence-corrected chi connectivity index (χ2v) is 7.31. The first-order valence-corrected chi connectivity index (χ1v) is 9.24. The number of carbonyl (C=O) groups excluding carboxylic acids is 2. The molecule has 7 nitrogen and oxygen atoms in total. The molecule has 2 amide bonds. The van der Waals surface area contributed by atoms with Gasteiger partial charge in [0.1, 0.15) is 0 Å². The fourth-order valence-corrected chi connectivity index (χ4v) is 2.65. The first-order chi connectivity index (χ1) is 11.8. The quantitative estimate of drug-likeness (QED) is 0.736. The Morgan fingerprint density at radius 2 is 1.52 bits per heavy atom. The fourth-order valence-electron chi connectivity index (χ4n) is 2.02. The summed E-state index contributed by atoms with van der Waals surface area (Å²) < 4.78 is 25.6. The standard InChI is InChI=1S/C17H19N3O4S/c1-3-25(23,24)20-16-6-4-5-13(11-16)17(22)19-15-9-7-14(8-10-15)18-12(2)21/h4-11,20H,3H2,1-2H3,(H,18,21)(H,19,22).